The normalized spacial score (nSPS) is 10.9. The van der Waals surface area contributed by atoms with Crippen LogP contribution in [-0.4, -0.2) is 21.7 Å². The zero-order chi connectivity index (χ0) is 17.9. The summed E-state index contributed by atoms with van der Waals surface area (Å²) >= 11 is 1.39. The van der Waals surface area contributed by atoms with E-state index in [-0.39, 0.29) is 24.5 Å². The molecule has 0 aliphatic rings. The highest BCUT2D eigenvalue weighted by atomic mass is 32.1. The second-order valence-electron chi connectivity index (χ2n) is 5.74. The molecule has 1 aromatic carbocycles. The summed E-state index contributed by atoms with van der Waals surface area (Å²) in [7, 11) is 0. The number of nitrogens with zero attached hydrogens (tertiary/aromatic N) is 1. The molecule has 0 fully saturated rings. The SMILES string of the molecule is O=C(CCC(=O)c1cccs1)Nc1ccc2nc(-c3ccco3)[nH]c2c1. The van der Waals surface area contributed by atoms with Crippen molar-refractivity contribution < 1.29 is 14.0 Å². The number of anilines is 1. The summed E-state index contributed by atoms with van der Waals surface area (Å²) in [6.07, 6.45) is 1.93. The topological polar surface area (TPSA) is 88.0 Å². The van der Waals surface area contributed by atoms with Crippen LogP contribution in [0.3, 0.4) is 0 Å². The number of carbonyl (C=O) groups is 2. The summed E-state index contributed by atoms with van der Waals surface area (Å²) in [5, 5.41) is 4.67. The highest BCUT2D eigenvalue weighted by Crippen LogP contribution is 2.23. The van der Waals surface area contributed by atoms with Crippen LogP contribution in [0.15, 0.2) is 58.5 Å². The van der Waals surface area contributed by atoms with Gasteiger partial charge in [-0.3, -0.25) is 9.59 Å². The number of hydrogen-bond acceptors (Lipinski definition) is 5. The van der Waals surface area contributed by atoms with Crippen LogP contribution in [0.4, 0.5) is 5.69 Å². The Balaban J connectivity index is 1.42. The van der Waals surface area contributed by atoms with Crippen molar-refractivity contribution in [2.45, 2.75) is 12.8 Å². The first-order valence-corrected chi connectivity index (χ1v) is 8.97. The number of ketones is 1. The molecule has 0 aliphatic heterocycles. The van der Waals surface area contributed by atoms with Crippen LogP contribution in [0, 0.1) is 0 Å². The summed E-state index contributed by atoms with van der Waals surface area (Å²) in [4.78, 5) is 32.4. The van der Waals surface area contributed by atoms with Gasteiger partial charge in [-0.1, -0.05) is 6.07 Å². The lowest BCUT2D eigenvalue weighted by Gasteiger charge is -2.04. The first-order valence-electron chi connectivity index (χ1n) is 8.09. The van der Waals surface area contributed by atoms with E-state index in [0.29, 0.717) is 22.1 Å². The number of aromatic amines is 1. The van der Waals surface area contributed by atoms with Gasteiger partial charge in [0.15, 0.2) is 17.4 Å². The van der Waals surface area contributed by atoms with Gasteiger partial charge in [-0.2, -0.15) is 0 Å². The van der Waals surface area contributed by atoms with Gasteiger partial charge in [0.1, 0.15) is 0 Å². The third kappa shape index (κ3) is 3.43. The lowest BCUT2D eigenvalue weighted by atomic mass is 10.2. The van der Waals surface area contributed by atoms with Crippen LogP contribution >= 0.6 is 11.3 Å². The quantitative estimate of drug-likeness (QED) is 0.493. The molecule has 0 unspecified atom stereocenters. The van der Waals surface area contributed by atoms with Gasteiger partial charge >= 0.3 is 0 Å². The van der Waals surface area contributed by atoms with Gasteiger partial charge in [-0.15, -0.1) is 11.3 Å². The van der Waals surface area contributed by atoms with E-state index in [1.807, 2.05) is 29.6 Å². The summed E-state index contributed by atoms with van der Waals surface area (Å²) in [6.45, 7) is 0. The Hall–Kier alpha value is -3.19. The molecule has 0 aliphatic carbocycles. The molecule has 0 radical (unpaired) electrons. The van der Waals surface area contributed by atoms with E-state index < -0.39 is 0 Å². The predicted octanol–water partition coefficient (Wildman–Crippen LogP) is 4.49. The van der Waals surface area contributed by atoms with Gasteiger partial charge in [0.25, 0.3) is 0 Å². The van der Waals surface area contributed by atoms with Crippen molar-refractivity contribution in [2.75, 3.05) is 5.32 Å². The van der Waals surface area contributed by atoms with Crippen molar-refractivity contribution in [2.24, 2.45) is 0 Å². The fourth-order valence-corrected chi connectivity index (χ4v) is 3.32. The number of thiophene rings is 1. The van der Waals surface area contributed by atoms with Gasteiger partial charge in [-0.05, 0) is 41.8 Å². The van der Waals surface area contributed by atoms with Gasteiger partial charge < -0.3 is 14.7 Å². The Morgan fingerprint density at radius 1 is 1.15 bits per heavy atom. The maximum atomic E-state index is 12.1. The van der Waals surface area contributed by atoms with Gasteiger partial charge in [0, 0.05) is 18.5 Å². The molecule has 0 bridgehead atoms. The number of aromatic nitrogens is 2. The molecule has 4 aromatic rings. The molecule has 1 amide bonds. The van der Waals surface area contributed by atoms with E-state index >= 15 is 0 Å². The van der Waals surface area contributed by atoms with Gasteiger partial charge in [0.05, 0.1) is 22.2 Å². The first kappa shape index (κ1) is 16.3. The first-order chi connectivity index (χ1) is 12.7. The molecule has 2 N–H and O–H groups in total. The van der Waals surface area contributed by atoms with Crippen LogP contribution in [0.5, 0.6) is 0 Å². The van der Waals surface area contributed by atoms with E-state index in [4.69, 9.17) is 4.42 Å². The number of furan rings is 1. The highest BCUT2D eigenvalue weighted by molar-refractivity contribution is 7.12. The van der Waals surface area contributed by atoms with E-state index in [1.54, 1.807) is 24.5 Å². The molecular weight excluding hydrogens is 350 g/mol. The molecule has 0 atom stereocenters. The fraction of sp³-hybridized carbons (Fsp3) is 0.105. The number of amides is 1. The zero-order valence-corrected chi connectivity index (χ0v) is 14.5. The van der Waals surface area contributed by atoms with Crippen LogP contribution < -0.4 is 5.32 Å². The molecular formula is C19H15N3O3S. The van der Waals surface area contributed by atoms with Crippen LogP contribution in [0.2, 0.25) is 0 Å². The number of fused-ring (bicyclic) bond motifs is 1. The van der Waals surface area contributed by atoms with Crippen molar-refractivity contribution >= 4 is 39.7 Å². The second kappa shape index (κ2) is 6.97. The fourth-order valence-electron chi connectivity index (χ4n) is 2.63. The smallest absolute Gasteiger partial charge is 0.224 e. The van der Waals surface area contributed by atoms with E-state index in [2.05, 4.69) is 15.3 Å². The van der Waals surface area contributed by atoms with Crippen molar-refractivity contribution in [1.29, 1.82) is 0 Å². The Morgan fingerprint density at radius 3 is 2.85 bits per heavy atom. The average Bonchev–Trinajstić information content (AvgIpc) is 3.40. The summed E-state index contributed by atoms with van der Waals surface area (Å²) < 4.78 is 5.33. The van der Waals surface area contributed by atoms with Crippen LogP contribution in [0.1, 0.15) is 22.5 Å². The number of benzene rings is 1. The minimum absolute atomic E-state index is 0.0118. The number of Topliss-reactive ketones (excluding diaryl/α,β-unsaturated/α-hetero) is 1. The summed E-state index contributed by atoms with van der Waals surface area (Å²) in [6, 6.07) is 12.6. The minimum atomic E-state index is -0.194. The maximum absolute atomic E-state index is 12.1. The Bertz CT molecular complexity index is 1050. The molecule has 0 spiro atoms. The Morgan fingerprint density at radius 2 is 2.08 bits per heavy atom. The zero-order valence-electron chi connectivity index (χ0n) is 13.7. The molecule has 7 heteroatoms. The monoisotopic (exact) mass is 365 g/mol. The molecule has 4 rings (SSSR count). The number of nitrogens with one attached hydrogen (secondary N) is 2. The number of imidazole rings is 1. The number of H-pyrrole nitrogens is 1. The summed E-state index contributed by atoms with van der Waals surface area (Å²) in [5.41, 5.74) is 2.23. The molecule has 0 saturated heterocycles. The Kier molecular flexibility index (Phi) is 4.37. The standard InChI is InChI=1S/C19H15N3O3S/c23-15(17-4-2-10-26-17)7-8-18(24)20-12-5-6-13-14(11-12)22-19(21-13)16-3-1-9-25-16/h1-6,9-11H,7-8H2,(H,20,24)(H,21,22). The third-order valence-corrected chi connectivity index (χ3v) is 4.81. The second-order valence-corrected chi connectivity index (χ2v) is 6.69. The molecule has 3 heterocycles. The average molecular weight is 365 g/mol. The third-order valence-electron chi connectivity index (χ3n) is 3.90. The lowest BCUT2D eigenvalue weighted by molar-refractivity contribution is -0.116. The summed E-state index contributed by atoms with van der Waals surface area (Å²) in [5.74, 6) is 1.08. The van der Waals surface area contributed by atoms with Crippen molar-refractivity contribution in [3.63, 3.8) is 0 Å². The molecule has 0 saturated carbocycles. The maximum Gasteiger partial charge on any atom is 0.224 e. The molecule has 6 nitrogen and oxygen atoms in total. The van der Waals surface area contributed by atoms with Gasteiger partial charge in [0.2, 0.25) is 5.91 Å². The van der Waals surface area contributed by atoms with Gasteiger partial charge in [-0.25, -0.2) is 4.98 Å². The van der Waals surface area contributed by atoms with Crippen LogP contribution in [0.25, 0.3) is 22.6 Å². The Labute approximate surface area is 152 Å². The predicted molar refractivity (Wildman–Crippen MR) is 100 cm³/mol. The number of hydrogen-bond donors (Lipinski definition) is 2. The largest absolute Gasteiger partial charge is 0.461 e. The van der Waals surface area contributed by atoms with E-state index in [9.17, 15) is 9.59 Å². The minimum Gasteiger partial charge on any atom is -0.461 e. The molecule has 3 aromatic heterocycles. The highest BCUT2D eigenvalue weighted by Gasteiger charge is 2.12. The van der Waals surface area contributed by atoms with Crippen molar-refractivity contribution in [3.8, 4) is 11.6 Å². The lowest BCUT2D eigenvalue weighted by Crippen LogP contribution is -2.13. The van der Waals surface area contributed by atoms with E-state index in [0.717, 1.165) is 11.0 Å². The van der Waals surface area contributed by atoms with Crippen molar-refractivity contribution in [1.82, 2.24) is 9.97 Å². The molecule has 26 heavy (non-hydrogen) atoms. The van der Waals surface area contributed by atoms with Crippen LogP contribution in [-0.2, 0) is 4.79 Å². The van der Waals surface area contributed by atoms with Crippen molar-refractivity contribution in [3.05, 3.63) is 59.0 Å². The number of carbonyl (C=O) groups excluding carboxylic acids is 2. The number of rotatable bonds is 6. The van der Waals surface area contributed by atoms with E-state index in [1.165, 1.54) is 11.3 Å². The molecule has 130 valence electrons.